The number of nitrogens with zero attached hydrogens (tertiary/aromatic N) is 2. The first-order valence-corrected chi connectivity index (χ1v) is 5.23. The summed E-state index contributed by atoms with van der Waals surface area (Å²) in [5, 5.41) is 0. The topological polar surface area (TPSA) is 42.1 Å². The molecule has 0 saturated carbocycles. The van der Waals surface area contributed by atoms with Crippen molar-refractivity contribution in [2.24, 2.45) is 5.73 Å². The van der Waals surface area contributed by atoms with E-state index in [4.69, 9.17) is 5.73 Å². The van der Waals surface area contributed by atoms with Crippen LogP contribution in [0.25, 0.3) is 0 Å². The van der Waals surface area contributed by atoms with Crippen molar-refractivity contribution >= 4 is 5.82 Å². The van der Waals surface area contributed by atoms with E-state index in [0.717, 1.165) is 30.2 Å². The maximum Gasteiger partial charge on any atom is 0.133 e. The lowest BCUT2D eigenvalue weighted by Crippen LogP contribution is -2.21. The van der Waals surface area contributed by atoms with Gasteiger partial charge >= 0.3 is 0 Å². The average molecular weight is 191 g/mol. The van der Waals surface area contributed by atoms with Gasteiger partial charge in [-0.3, -0.25) is 0 Å². The summed E-state index contributed by atoms with van der Waals surface area (Å²) in [7, 11) is 0. The second-order valence-corrected chi connectivity index (χ2v) is 3.83. The first-order chi connectivity index (χ1) is 6.81. The van der Waals surface area contributed by atoms with Gasteiger partial charge in [-0.25, -0.2) is 4.98 Å². The van der Waals surface area contributed by atoms with Crippen molar-refractivity contribution in [3.05, 3.63) is 23.4 Å². The van der Waals surface area contributed by atoms with Gasteiger partial charge in [0.1, 0.15) is 5.82 Å². The number of rotatable bonds is 2. The smallest absolute Gasteiger partial charge is 0.133 e. The fourth-order valence-corrected chi connectivity index (χ4v) is 1.93. The zero-order valence-electron chi connectivity index (χ0n) is 8.66. The molecule has 1 aliphatic rings. The summed E-state index contributed by atoms with van der Waals surface area (Å²) >= 11 is 0. The van der Waals surface area contributed by atoms with E-state index in [2.05, 4.69) is 16.0 Å². The number of anilines is 1. The van der Waals surface area contributed by atoms with Crippen molar-refractivity contribution in [3.63, 3.8) is 0 Å². The number of nitrogens with two attached hydrogens (primary N) is 1. The molecule has 0 radical (unpaired) electrons. The minimum atomic E-state index is 0.582. The van der Waals surface area contributed by atoms with E-state index in [1.165, 1.54) is 12.8 Å². The molecule has 0 bridgehead atoms. The highest BCUT2D eigenvalue weighted by molar-refractivity contribution is 5.48. The molecule has 14 heavy (non-hydrogen) atoms. The van der Waals surface area contributed by atoms with Crippen LogP contribution in [0.4, 0.5) is 5.82 Å². The molecule has 0 aliphatic carbocycles. The summed E-state index contributed by atoms with van der Waals surface area (Å²) in [5.74, 6) is 1.10. The van der Waals surface area contributed by atoms with Crippen LogP contribution in [0.15, 0.2) is 12.1 Å². The van der Waals surface area contributed by atoms with Crippen LogP contribution in [0.3, 0.4) is 0 Å². The quantitative estimate of drug-likeness (QED) is 0.769. The van der Waals surface area contributed by atoms with Crippen molar-refractivity contribution in [2.45, 2.75) is 26.3 Å². The van der Waals surface area contributed by atoms with Gasteiger partial charge in [0.05, 0.1) is 0 Å². The summed E-state index contributed by atoms with van der Waals surface area (Å²) in [6, 6.07) is 4.12. The van der Waals surface area contributed by atoms with E-state index >= 15 is 0 Å². The molecule has 1 fully saturated rings. The maximum atomic E-state index is 5.70. The summed E-state index contributed by atoms with van der Waals surface area (Å²) in [6.45, 7) is 4.87. The molecule has 76 valence electrons. The molecule has 3 nitrogen and oxygen atoms in total. The Morgan fingerprint density at radius 3 is 2.71 bits per heavy atom. The first-order valence-electron chi connectivity index (χ1n) is 5.23. The Hall–Kier alpha value is -1.09. The third-order valence-corrected chi connectivity index (χ3v) is 2.72. The monoisotopic (exact) mass is 191 g/mol. The van der Waals surface area contributed by atoms with Gasteiger partial charge in [-0.15, -0.1) is 0 Å². The van der Waals surface area contributed by atoms with Crippen LogP contribution in [0.2, 0.25) is 0 Å². The van der Waals surface area contributed by atoms with E-state index < -0.39 is 0 Å². The lowest BCUT2D eigenvalue weighted by atomic mass is 10.2. The Balaban J connectivity index is 2.33. The molecule has 0 amide bonds. The van der Waals surface area contributed by atoms with E-state index in [1.807, 2.05) is 13.0 Å². The van der Waals surface area contributed by atoms with Gasteiger partial charge in [0.2, 0.25) is 0 Å². The number of hydrogen-bond acceptors (Lipinski definition) is 3. The van der Waals surface area contributed by atoms with Crippen molar-refractivity contribution in [1.82, 2.24) is 4.98 Å². The van der Waals surface area contributed by atoms with E-state index in [0.29, 0.717) is 6.54 Å². The summed E-state index contributed by atoms with van der Waals surface area (Å²) < 4.78 is 0. The highest BCUT2D eigenvalue weighted by Gasteiger charge is 2.16. The summed E-state index contributed by atoms with van der Waals surface area (Å²) in [6.07, 6.45) is 2.55. The van der Waals surface area contributed by atoms with Gasteiger partial charge in [0.25, 0.3) is 0 Å². The van der Waals surface area contributed by atoms with Gasteiger partial charge < -0.3 is 10.6 Å². The van der Waals surface area contributed by atoms with Crippen LogP contribution in [0, 0.1) is 6.92 Å². The molecule has 0 atom stereocenters. The van der Waals surface area contributed by atoms with Crippen LogP contribution >= 0.6 is 0 Å². The van der Waals surface area contributed by atoms with Crippen molar-refractivity contribution < 1.29 is 0 Å². The number of hydrogen-bond donors (Lipinski definition) is 1. The van der Waals surface area contributed by atoms with E-state index in [1.54, 1.807) is 0 Å². The van der Waals surface area contributed by atoms with Crippen LogP contribution in [-0.2, 0) is 6.54 Å². The van der Waals surface area contributed by atoms with Crippen LogP contribution in [-0.4, -0.2) is 18.1 Å². The predicted molar refractivity (Wildman–Crippen MR) is 58.3 cm³/mol. The number of pyridine rings is 1. The van der Waals surface area contributed by atoms with Gasteiger partial charge in [0, 0.05) is 30.9 Å². The normalized spacial score (nSPS) is 16.3. The van der Waals surface area contributed by atoms with E-state index in [-0.39, 0.29) is 0 Å². The second-order valence-electron chi connectivity index (χ2n) is 3.83. The molecule has 1 aromatic heterocycles. The molecule has 1 aromatic rings. The van der Waals surface area contributed by atoms with Crippen LogP contribution in [0.5, 0.6) is 0 Å². The highest BCUT2D eigenvalue weighted by Crippen LogP contribution is 2.22. The second kappa shape index (κ2) is 3.96. The average Bonchev–Trinajstić information content (AvgIpc) is 2.70. The maximum absolute atomic E-state index is 5.70. The standard InChI is InChI=1S/C11H17N3/c1-9-4-5-10(8-12)11(13-9)14-6-2-3-7-14/h4-5H,2-3,6-8,12H2,1H3. The Bertz CT molecular complexity index is 316. The molecular weight excluding hydrogens is 174 g/mol. The molecule has 0 unspecified atom stereocenters. The van der Waals surface area contributed by atoms with Gasteiger partial charge in [-0.1, -0.05) is 6.07 Å². The SMILES string of the molecule is Cc1ccc(CN)c(N2CCCC2)n1. The molecule has 2 N–H and O–H groups in total. The van der Waals surface area contributed by atoms with Crippen molar-refractivity contribution in [3.8, 4) is 0 Å². The third-order valence-electron chi connectivity index (χ3n) is 2.72. The molecule has 0 aromatic carbocycles. The fourth-order valence-electron chi connectivity index (χ4n) is 1.93. The lowest BCUT2D eigenvalue weighted by Gasteiger charge is -2.19. The van der Waals surface area contributed by atoms with Crippen LogP contribution < -0.4 is 10.6 Å². The van der Waals surface area contributed by atoms with Crippen molar-refractivity contribution in [2.75, 3.05) is 18.0 Å². The van der Waals surface area contributed by atoms with Crippen LogP contribution in [0.1, 0.15) is 24.1 Å². The largest absolute Gasteiger partial charge is 0.356 e. The molecule has 2 heterocycles. The summed E-state index contributed by atoms with van der Waals surface area (Å²) in [5.41, 5.74) is 7.94. The van der Waals surface area contributed by atoms with Crippen molar-refractivity contribution in [1.29, 1.82) is 0 Å². The number of aryl methyl sites for hydroxylation is 1. The van der Waals surface area contributed by atoms with E-state index in [9.17, 15) is 0 Å². The lowest BCUT2D eigenvalue weighted by molar-refractivity contribution is 0.898. The van der Waals surface area contributed by atoms with Gasteiger partial charge in [-0.05, 0) is 25.8 Å². The molecule has 0 spiro atoms. The Morgan fingerprint density at radius 2 is 2.07 bits per heavy atom. The van der Waals surface area contributed by atoms with Gasteiger partial charge in [0.15, 0.2) is 0 Å². The Morgan fingerprint density at radius 1 is 1.36 bits per heavy atom. The molecule has 3 heteroatoms. The first kappa shape index (κ1) is 9.46. The minimum absolute atomic E-state index is 0.582. The highest BCUT2D eigenvalue weighted by atomic mass is 15.2. The summed E-state index contributed by atoms with van der Waals surface area (Å²) in [4.78, 5) is 6.91. The Kier molecular flexibility index (Phi) is 2.68. The number of aromatic nitrogens is 1. The fraction of sp³-hybridized carbons (Fsp3) is 0.545. The zero-order valence-corrected chi connectivity index (χ0v) is 8.66. The molecule has 1 saturated heterocycles. The molecule has 2 rings (SSSR count). The third kappa shape index (κ3) is 1.73. The van der Waals surface area contributed by atoms with Gasteiger partial charge in [-0.2, -0.15) is 0 Å². The zero-order chi connectivity index (χ0) is 9.97. The Labute approximate surface area is 84.9 Å². The predicted octanol–water partition coefficient (Wildman–Crippen LogP) is 1.45. The minimum Gasteiger partial charge on any atom is -0.356 e. The molecular formula is C11H17N3. The molecule has 1 aliphatic heterocycles.